The van der Waals surface area contributed by atoms with Crippen molar-refractivity contribution in [2.24, 2.45) is 0 Å². The van der Waals surface area contributed by atoms with Crippen molar-refractivity contribution >= 4 is 17.4 Å². The zero-order valence-electron chi connectivity index (χ0n) is 18.7. The third kappa shape index (κ3) is 4.22. The van der Waals surface area contributed by atoms with E-state index in [4.69, 9.17) is 10.5 Å². The highest BCUT2D eigenvalue weighted by Gasteiger charge is 2.27. The maximum atomic E-state index is 13.6. The molecule has 0 fully saturated rings. The van der Waals surface area contributed by atoms with Gasteiger partial charge in [0.2, 0.25) is 0 Å². The Bertz CT molecular complexity index is 1240. The second-order valence-electron chi connectivity index (χ2n) is 7.44. The largest absolute Gasteiger partial charge is 0.383 e. The number of aryl methyl sites for hydroxylation is 1. The summed E-state index contributed by atoms with van der Waals surface area (Å²) in [5.74, 6) is -0.521. The molecule has 0 atom stereocenters. The normalized spacial score (nSPS) is 11.0. The molecule has 32 heavy (non-hydrogen) atoms. The monoisotopic (exact) mass is 440 g/mol. The zero-order chi connectivity index (χ0) is 23.4. The van der Waals surface area contributed by atoms with E-state index in [0.717, 1.165) is 11.3 Å². The van der Waals surface area contributed by atoms with Crippen LogP contribution in [0, 0.1) is 13.8 Å². The number of methoxy groups -OCH3 is 1. The average molecular weight is 441 g/mol. The Morgan fingerprint density at radius 3 is 2.62 bits per heavy atom. The summed E-state index contributed by atoms with van der Waals surface area (Å²) in [4.78, 5) is 42.0. The van der Waals surface area contributed by atoms with Crippen molar-refractivity contribution in [1.82, 2.24) is 19.3 Å². The minimum atomic E-state index is -0.728. The molecule has 10 heteroatoms. The lowest BCUT2D eigenvalue weighted by atomic mass is 10.2. The van der Waals surface area contributed by atoms with Gasteiger partial charge >= 0.3 is 5.69 Å². The summed E-state index contributed by atoms with van der Waals surface area (Å²) in [6.45, 7) is 6.18. The number of nitrogens with two attached hydrogens (primary N) is 1. The van der Waals surface area contributed by atoms with E-state index in [0.29, 0.717) is 24.2 Å². The molecule has 0 spiro atoms. The average Bonchev–Trinajstić information content (AvgIpc) is 3.14. The number of carbonyl (C=O) groups is 1. The number of amides is 1. The second-order valence-corrected chi connectivity index (χ2v) is 7.44. The molecular formula is C22H28N6O4. The molecule has 170 valence electrons. The molecule has 0 radical (unpaired) electrons. The number of nitrogens with one attached hydrogen (secondary N) is 1. The number of nitrogen functional groups attached to an aromatic ring is 1. The number of anilines is 2. The van der Waals surface area contributed by atoms with Crippen LogP contribution in [-0.2, 0) is 11.3 Å². The van der Waals surface area contributed by atoms with Crippen LogP contribution >= 0.6 is 0 Å². The minimum absolute atomic E-state index is 0.0611. The van der Waals surface area contributed by atoms with Crippen molar-refractivity contribution in [2.75, 3.05) is 30.9 Å². The number of hydrogen-bond acceptors (Lipinski definition) is 6. The molecule has 3 rings (SSSR count). The number of para-hydroxylation sites is 1. The van der Waals surface area contributed by atoms with Gasteiger partial charge in [-0.2, -0.15) is 5.10 Å². The molecule has 0 bridgehead atoms. The van der Waals surface area contributed by atoms with Gasteiger partial charge in [-0.25, -0.2) is 9.48 Å². The van der Waals surface area contributed by atoms with Crippen molar-refractivity contribution in [3.05, 3.63) is 68.1 Å². The number of aromatic amines is 1. The van der Waals surface area contributed by atoms with Gasteiger partial charge < -0.3 is 10.5 Å². The molecule has 0 saturated carbocycles. The van der Waals surface area contributed by atoms with Crippen LogP contribution in [-0.4, -0.2) is 45.5 Å². The van der Waals surface area contributed by atoms with Gasteiger partial charge in [0.05, 0.1) is 29.7 Å². The Morgan fingerprint density at radius 1 is 1.25 bits per heavy atom. The van der Waals surface area contributed by atoms with Gasteiger partial charge in [-0.05, 0) is 31.9 Å². The SMILES string of the molecule is CCCn1c(N)c(N(CCOC)C(=O)c2cnn(-c3ccccc3C)c2C)c(=O)[nH]c1=O. The Morgan fingerprint density at radius 2 is 1.97 bits per heavy atom. The summed E-state index contributed by atoms with van der Waals surface area (Å²) in [7, 11) is 1.50. The van der Waals surface area contributed by atoms with Gasteiger partial charge in [0, 0.05) is 20.2 Å². The first-order valence-electron chi connectivity index (χ1n) is 10.4. The highest BCUT2D eigenvalue weighted by Crippen LogP contribution is 2.23. The van der Waals surface area contributed by atoms with E-state index in [1.165, 1.54) is 22.8 Å². The quantitative estimate of drug-likeness (QED) is 0.548. The lowest BCUT2D eigenvalue weighted by Gasteiger charge is -2.24. The topological polar surface area (TPSA) is 128 Å². The zero-order valence-corrected chi connectivity index (χ0v) is 18.7. The van der Waals surface area contributed by atoms with Crippen LogP contribution in [0.2, 0.25) is 0 Å². The summed E-state index contributed by atoms with van der Waals surface area (Å²) >= 11 is 0. The first kappa shape index (κ1) is 23.0. The van der Waals surface area contributed by atoms with E-state index in [1.807, 2.05) is 38.1 Å². The van der Waals surface area contributed by atoms with E-state index in [2.05, 4.69) is 10.1 Å². The molecule has 0 saturated heterocycles. The van der Waals surface area contributed by atoms with Crippen LogP contribution in [0.25, 0.3) is 5.69 Å². The molecule has 1 aromatic carbocycles. The molecule has 10 nitrogen and oxygen atoms in total. The number of rotatable bonds is 8. The standard InChI is InChI=1S/C22H28N6O4/c1-5-10-27-19(23)18(20(29)25-22(27)31)26(11-12-32-4)21(30)16-13-24-28(15(16)3)17-9-7-6-8-14(17)2/h6-9,13H,5,10-12,23H2,1-4H3,(H,25,29,31). The van der Waals surface area contributed by atoms with Crippen molar-refractivity contribution < 1.29 is 9.53 Å². The molecule has 3 N–H and O–H groups in total. The van der Waals surface area contributed by atoms with Gasteiger partial charge in [-0.3, -0.25) is 24.0 Å². The molecule has 0 aliphatic rings. The first-order chi connectivity index (χ1) is 15.3. The number of hydrogen-bond donors (Lipinski definition) is 2. The van der Waals surface area contributed by atoms with Crippen LogP contribution in [0.5, 0.6) is 0 Å². The van der Waals surface area contributed by atoms with Crippen molar-refractivity contribution in [2.45, 2.75) is 33.7 Å². The fourth-order valence-corrected chi connectivity index (χ4v) is 3.59. The molecule has 2 aromatic heterocycles. The molecule has 0 aliphatic carbocycles. The highest BCUT2D eigenvalue weighted by atomic mass is 16.5. The van der Waals surface area contributed by atoms with Crippen LogP contribution in [0.15, 0.2) is 40.1 Å². The predicted octanol–water partition coefficient (Wildman–Crippen LogP) is 1.62. The van der Waals surface area contributed by atoms with Crippen LogP contribution in [0.3, 0.4) is 0 Å². The number of carbonyl (C=O) groups excluding carboxylic acids is 1. The van der Waals surface area contributed by atoms with Crippen molar-refractivity contribution in [1.29, 1.82) is 0 Å². The predicted molar refractivity (Wildman–Crippen MR) is 123 cm³/mol. The van der Waals surface area contributed by atoms with Gasteiger partial charge in [-0.1, -0.05) is 25.1 Å². The molecule has 0 unspecified atom stereocenters. The molecule has 0 aliphatic heterocycles. The summed E-state index contributed by atoms with van der Waals surface area (Å²) < 4.78 is 8.09. The van der Waals surface area contributed by atoms with Crippen LogP contribution in [0.1, 0.15) is 35.0 Å². The summed E-state index contributed by atoms with van der Waals surface area (Å²) in [5.41, 5.74) is 7.56. The Balaban J connectivity index is 2.12. The molecule has 1 amide bonds. The third-order valence-electron chi connectivity index (χ3n) is 5.28. The maximum absolute atomic E-state index is 13.6. The van der Waals surface area contributed by atoms with Gasteiger partial charge in [0.15, 0.2) is 5.69 Å². The summed E-state index contributed by atoms with van der Waals surface area (Å²) in [6.07, 6.45) is 2.10. The molecular weight excluding hydrogens is 412 g/mol. The second kappa shape index (κ2) is 9.65. The fourth-order valence-electron chi connectivity index (χ4n) is 3.59. The van der Waals surface area contributed by atoms with Crippen molar-refractivity contribution in [3.8, 4) is 5.69 Å². The van der Waals surface area contributed by atoms with E-state index < -0.39 is 17.2 Å². The number of benzene rings is 1. The van der Waals surface area contributed by atoms with Crippen LogP contribution < -0.4 is 21.9 Å². The highest BCUT2D eigenvalue weighted by molar-refractivity contribution is 6.07. The van der Waals surface area contributed by atoms with E-state index in [9.17, 15) is 14.4 Å². The number of aromatic nitrogens is 4. The lowest BCUT2D eigenvalue weighted by molar-refractivity contribution is 0.0975. The Labute approximate surface area is 185 Å². The van der Waals surface area contributed by atoms with Gasteiger partial charge in [-0.15, -0.1) is 0 Å². The van der Waals surface area contributed by atoms with Gasteiger partial charge in [0.1, 0.15) is 5.82 Å². The van der Waals surface area contributed by atoms with Crippen molar-refractivity contribution in [3.63, 3.8) is 0 Å². The third-order valence-corrected chi connectivity index (χ3v) is 5.28. The smallest absolute Gasteiger partial charge is 0.330 e. The Kier molecular flexibility index (Phi) is 6.94. The molecule has 3 aromatic rings. The number of ether oxygens (including phenoxy) is 1. The van der Waals surface area contributed by atoms with E-state index in [-0.39, 0.29) is 24.7 Å². The van der Waals surface area contributed by atoms with Gasteiger partial charge in [0.25, 0.3) is 11.5 Å². The summed E-state index contributed by atoms with van der Waals surface area (Å²) in [6, 6.07) is 7.69. The fraction of sp³-hybridized carbons (Fsp3) is 0.364. The molecule has 2 heterocycles. The first-order valence-corrected chi connectivity index (χ1v) is 10.4. The lowest BCUT2D eigenvalue weighted by Crippen LogP contribution is -2.42. The minimum Gasteiger partial charge on any atom is -0.383 e. The van der Waals surface area contributed by atoms with E-state index in [1.54, 1.807) is 11.6 Å². The Hall–Kier alpha value is -3.66. The van der Waals surface area contributed by atoms with E-state index >= 15 is 0 Å². The van der Waals surface area contributed by atoms with Crippen LogP contribution in [0.4, 0.5) is 11.5 Å². The number of nitrogens with zero attached hydrogens (tertiary/aromatic N) is 4. The maximum Gasteiger partial charge on any atom is 0.330 e. The summed E-state index contributed by atoms with van der Waals surface area (Å²) in [5, 5.41) is 4.40. The number of H-pyrrole nitrogens is 1.